The molecule has 64 valence electrons. The van der Waals surface area contributed by atoms with E-state index >= 15 is 0 Å². The maximum atomic E-state index is 8.80. The number of halogens is 1. The van der Waals surface area contributed by atoms with Crippen molar-refractivity contribution in [3.63, 3.8) is 0 Å². The predicted molar refractivity (Wildman–Crippen MR) is 48.5 cm³/mol. The molecule has 4 heteroatoms. The molecule has 0 amide bonds. The Morgan fingerprint density at radius 3 is 2.67 bits per heavy atom. The van der Waals surface area contributed by atoms with Crippen molar-refractivity contribution in [2.24, 2.45) is 16.1 Å². The number of rotatable bonds is 1. The van der Waals surface area contributed by atoms with E-state index in [-0.39, 0.29) is 5.16 Å². The molecule has 0 fully saturated rings. The van der Waals surface area contributed by atoms with E-state index in [9.17, 15) is 0 Å². The fraction of sp³-hybridized carbons (Fsp3) is 0.500. The summed E-state index contributed by atoms with van der Waals surface area (Å²) in [7, 11) is 0. The third-order valence-corrected chi connectivity index (χ3v) is 2.63. The first-order chi connectivity index (χ1) is 5.56. The van der Waals surface area contributed by atoms with Gasteiger partial charge in [0.25, 0.3) is 0 Å². The maximum Gasteiger partial charge on any atom is 0.145 e. The molecule has 0 saturated carbocycles. The largest absolute Gasteiger partial charge is 0.386 e. The van der Waals surface area contributed by atoms with Crippen LogP contribution >= 0.6 is 11.6 Å². The summed E-state index contributed by atoms with van der Waals surface area (Å²) < 4.78 is 0. The Labute approximate surface area is 76.5 Å². The van der Waals surface area contributed by atoms with Gasteiger partial charge in [0.15, 0.2) is 0 Å². The van der Waals surface area contributed by atoms with Gasteiger partial charge in [-0.05, 0) is 13.3 Å². The molecule has 0 aromatic carbocycles. The van der Waals surface area contributed by atoms with Gasteiger partial charge < -0.3 is 5.73 Å². The molecule has 1 aliphatic heterocycles. The second-order valence-electron chi connectivity index (χ2n) is 2.96. The van der Waals surface area contributed by atoms with Crippen LogP contribution in [0.2, 0.25) is 0 Å². The van der Waals surface area contributed by atoms with Gasteiger partial charge in [-0.1, -0.05) is 18.5 Å². The molecule has 0 bridgehead atoms. The van der Waals surface area contributed by atoms with Gasteiger partial charge in [-0.3, -0.25) is 0 Å². The highest BCUT2D eigenvalue weighted by molar-refractivity contribution is 6.32. The van der Waals surface area contributed by atoms with E-state index in [2.05, 4.69) is 4.99 Å². The lowest BCUT2D eigenvalue weighted by Gasteiger charge is -2.21. The van der Waals surface area contributed by atoms with Crippen LogP contribution in [-0.4, -0.2) is 5.84 Å². The number of hydrogen-bond acceptors (Lipinski definition) is 3. The van der Waals surface area contributed by atoms with E-state index in [1.807, 2.05) is 19.9 Å². The molecule has 2 N–H and O–H groups in total. The van der Waals surface area contributed by atoms with E-state index in [1.54, 1.807) is 0 Å². The van der Waals surface area contributed by atoms with Gasteiger partial charge in [0.1, 0.15) is 11.0 Å². The van der Waals surface area contributed by atoms with Crippen LogP contribution in [0.4, 0.5) is 0 Å². The molecule has 0 aromatic rings. The van der Waals surface area contributed by atoms with E-state index in [0.29, 0.717) is 11.4 Å². The zero-order valence-corrected chi connectivity index (χ0v) is 7.81. The number of nitrogens with zero attached hydrogens (tertiary/aromatic N) is 2. The summed E-state index contributed by atoms with van der Waals surface area (Å²) in [6, 6.07) is 2.04. The summed E-state index contributed by atoms with van der Waals surface area (Å²) in [4.78, 5) is 3.88. The monoisotopic (exact) mass is 183 g/mol. The molecule has 1 atom stereocenters. The van der Waals surface area contributed by atoms with Gasteiger partial charge in [-0.15, -0.1) is 0 Å². The Bertz CT molecular complexity index is 311. The summed E-state index contributed by atoms with van der Waals surface area (Å²) in [6.07, 6.45) is 0.738. The van der Waals surface area contributed by atoms with Gasteiger partial charge in [0.2, 0.25) is 0 Å². The molecular weight excluding hydrogens is 174 g/mol. The first-order valence-electron chi connectivity index (χ1n) is 3.71. The molecule has 1 aliphatic rings. The van der Waals surface area contributed by atoms with Crippen LogP contribution in [0.25, 0.3) is 0 Å². The molecule has 1 heterocycles. The van der Waals surface area contributed by atoms with E-state index in [0.717, 1.165) is 6.42 Å². The summed E-state index contributed by atoms with van der Waals surface area (Å²) in [5, 5.41) is 9.04. The zero-order valence-electron chi connectivity index (χ0n) is 7.06. The molecule has 1 rings (SSSR count). The van der Waals surface area contributed by atoms with Crippen LogP contribution < -0.4 is 5.73 Å². The Hall–Kier alpha value is -1.01. The van der Waals surface area contributed by atoms with Gasteiger partial charge >= 0.3 is 0 Å². The van der Waals surface area contributed by atoms with Crippen molar-refractivity contribution in [3.8, 4) is 6.07 Å². The number of nitrogens with two attached hydrogens (primary N) is 1. The molecule has 0 spiro atoms. The Balaban J connectivity index is 3.20. The average molecular weight is 184 g/mol. The van der Waals surface area contributed by atoms with Crippen LogP contribution in [0, 0.1) is 16.7 Å². The molecule has 1 unspecified atom stereocenters. The topological polar surface area (TPSA) is 62.2 Å². The van der Waals surface area contributed by atoms with Crippen molar-refractivity contribution in [2.75, 3.05) is 0 Å². The Morgan fingerprint density at radius 1 is 1.75 bits per heavy atom. The van der Waals surface area contributed by atoms with Crippen molar-refractivity contribution in [3.05, 3.63) is 10.7 Å². The number of amidine groups is 1. The summed E-state index contributed by atoms with van der Waals surface area (Å²) in [5.74, 6) is 0.437. The zero-order chi connectivity index (χ0) is 9.35. The van der Waals surface area contributed by atoms with E-state index < -0.39 is 5.41 Å². The molecule has 12 heavy (non-hydrogen) atoms. The van der Waals surface area contributed by atoms with Crippen molar-refractivity contribution in [1.82, 2.24) is 0 Å². The third kappa shape index (κ3) is 0.997. The highest BCUT2D eigenvalue weighted by atomic mass is 35.5. The standard InChI is InChI=1S/C8H10ClN3/c1-3-8(2)5(4-10)6(9)12-7(8)11/h3H2,1-2H3,(H2,11,12). The smallest absolute Gasteiger partial charge is 0.145 e. The summed E-state index contributed by atoms with van der Waals surface area (Å²) >= 11 is 5.73. The van der Waals surface area contributed by atoms with E-state index in [1.165, 1.54) is 0 Å². The lowest BCUT2D eigenvalue weighted by Crippen LogP contribution is -2.32. The maximum absolute atomic E-state index is 8.80. The lowest BCUT2D eigenvalue weighted by molar-refractivity contribution is 0.554. The predicted octanol–water partition coefficient (Wildman–Crippen LogP) is 1.75. The summed E-state index contributed by atoms with van der Waals surface area (Å²) in [5.41, 5.74) is 5.68. The fourth-order valence-corrected chi connectivity index (χ4v) is 1.51. The van der Waals surface area contributed by atoms with Crippen molar-refractivity contribution in [2.45, 2.75) is 20.3 Å². The second-order valence-corrected chi connectivity index (χ2v) is 3.32. The fourth-order valence-electron chi connectivity index (χ4n) is 1.17. The molecule has 0 saturated heterocycles. The minimum atomic E-state index is -0.453. The Kier molecular flexibility index (Phi) is 2.12. The molecule has 0 radical (unpaired) electrons. The highest BCUT2D eigenvalue weighted by Crippen LogP contribution is 2.39. The SMILES string of the molecule is CCC1(C)C(N)=NC(Cl)=C1C#N. The van der Waals surface area contributed by atoms with Crippen LogP contribution in [-0.2, 0) is 0 Å². The first kappa shape index (κ1) is 9.08. The molecule has 0 aliphatic carbocycles. The summed E-state index contributed by atoms with van der Waals surface area (Å²) in [6.45, 7) is 3.83. The highest BCUT2D eigenvalue weighted by Gasteiger charge is 2.38. The minimum absolute atomic E-state index is 0.236. The molecular formula is C8H10ClN3. The Morgan fingerprint density at radius 2 is 2.33 bits per heavy atom. The van der Waals surface area contributed by atoms with Gasteiger partial charge in [-0.25, -0.2) is 4.99 Å². The van der Waals surface area contributed by atoms with Crippen molar-refractivity contribution >= 4 is 17.4 Å². The van der Waals surface area contributed by atoms with Crippen LogP contribution in [0.5, 0.6) is 0 Å². The van der Waals surface area contributed by atoms with Gasteiger partial charge in [0.05, 0.1) is 17.1 Å². The quantitative estimate of drug-likeness (QED) is 0.630. The average Bonchev–Trinajstić information content (AvgIpc) is 2.24. The third-order valence-electron chi connectivity index (χ3n) is 2.36. The van der Waals surface area contributed by atoms with Crippen LogP contribution in [0.1, 0.15) is 20.3 Å². The number of aliphatic imine (C=N–C) groups is 1. The normalized spacial score (nSPS) is 28.7. The van der Waals surface area contributed by atoms with Crippen molar-refractivity contribution < 1.29 is 0 Å². The number of hydrogen-bond donors (Lipinski definition) is 1. The van der Waals surface area contributed by atoms with Crippen molar-refractivity contribution in [1.29, 1.82) is 5.26 Å². The number of nitriles is 1. The van der Waals surface area contributed by atoms with E-state index in [4.69, 9.17) is 22.6 Å². The second kappa shape index (κ2) is 2.80. The van der Waals surface area contributed by atoms with Gasteiger partial charge in [0, 0.05) is 0 Å². The lowest BCUT2D eigenvalue weighted by atomic mass is 9.81. The molecule has 0 aromatic heterocycles. The van der Waals surface area contributed by atoms with Gasteiger partial charge in [-0.2, -0.15) is 5.26 Å². The van der Waals surface area contributed by atoms with Crippen LogP contribution in [0.15, 0.2) is 15.7 Å². The first-order valence-corrected chi connectivity index (χ1v) is 4.09. The molecule has 3 nitrogen and oxygen atoms in total. The van der Waals surface area contributed by atoms with Crippen LogP contribution in [0.3, 0.4) is 0 Å². The minimum Gasteiger partial charge on any atom is -0.386 e.